The van der Waals surface area contributed by atoms with Gasteiger partial charge in [-0.3, -0.25) is 4.79 Å². The molecule has 3 aromatic rings. The van der Waals surface area contributed by atoms with Crippen molar-refractivity contribution in [3.05, 3.63) is 64.3 Å². The van der Waals surface area contributed by atoms with E-state index in [4.69, 9.17) is 11.6 Å². The molecule has 1 aromatic carbocycles. The molecule has 0 saturated carbocycles. The third-order valence-corrected chi connectivity index (χ3v) is 4.36. The van der Waals surface area contributed by atoms with Crippen molar-refractivity contribution in [2.24, 2.45) is 0 Å². The number of carbonyl (C=O) groups is 1. The van der Waals surface area contributed by atoms with Crippen molar-refractivity contribution in [2.45, 2.75) is 12.6 Å². The van der Waals surface area contributed by atoms with Crippen molar-refractivity contribution in [1.29, 1.82) is 0 Å². The summed E-state index contributed by atoms with van der Waals surface area (Å²) in [6, 6.07) is 7.82. The Bertz CT molecular complexity index is 944. The molecule has 0 aliphatic heterocycles. The average Bonchev–Trinajstić information content (AvgIpc) is 3.03. The fraction of sp³-hybridized carbons (Fsp3) is 0.118. The van der Waals surface area contributed by atoms with Gasteiger partial charge in [-0.25, -0.2) is 9.97 Å². The van der Waals surface area contributed by atoms with Crippen molar-refractivity contribution < 1.29 is 18.0 Å². The van der Waals surface area contributed by atoms with E-state index in [0.717, 1.165) is 12.1 Å². The number of pyridine rings is 1. The van der Waals surface area contributed by atoms with Crippen LogP contribution in [0.15, 0.2) is 48.0 Å². The lowest BCUT2D eigenvalue weighted by Gasteiger charge is -2.09. The van der Waals surface area contributed by atoms with Gasteiger partial charge in [0.2, 0.25) is 5.91 Å². The third-order valence-electron chi connectivity index (χ3n) is 3.33. The maximum Gasteiger partial charge on any atom is 0.416 e. The van der Waals surface area contributed by atoms with Gasteiger partial charge in [-0.05, 0) is 30.3 Å². The van der Waals surface area contributed by atoms with E-state index in [0.29, 0.717) is 21.7 Å². The lowest BCUT2D eigenvalue weighted by molar-refractivity contribution is -0.137. The molecule has 1 amide bonds. The Balaban J connectivity index is 1.60. The fourth-order valence-electron chi connectivity index (χ4n) is 2.15. The summed E-state index contributed by atoms with van der Waals surface area (Å²) < 4.78 is 38.1. The van der Waals surface area contributed by atoms with Crippen LogP contribution in [0, 0.1) is 0 Å². The number of carbonyl (C=O) groups excluding carboxylic acids is 1. The van der Waals surface area contributed by atoms with Crippen LogP contribution >= 0.6 is 22.9 Å². The molecule has 2 heterocycles. The number of benzene rings is 1. The molecule has 10 heteroatoms. The summed E-state index contributed by atoms with van der Waals surface area (Å²) >= 11 is 7.05. The number of halogens is 4. The molecule has 0 bridgehead atoms. The summed E-state index contributed by atoms with van der Waals surface area (Å²) in [5, 5.41) is 8.15. The highest BCUT2D eigenvalue weighted by Gasteiger charge is 2.30. The Kier molecular flexibility index (Phi) is 5.62. The Labute approximate surface area is 161 Å². The lowest BCUT2D eigenvalue weighted by Crippen LogP contribution is -2.15. The number of hydrogen-bond donors (Lipinski definition) is 2. The van der Waals surface area contributed by atoms with E-state index in [1.807, 2.05) is 0 Å². The smallest absolute Gasteiger partial charge is 0.326 e. The second-order valence-corrected chi connectivity index (χ2v) is 6.73. The molecule has 5 nitrogen and oxygen atoms in total. The lowest BCUT2D eigenvalue weighted by atomic mass is 10.2. The van der Waals surface area contributed by atoms with Gasteiger partial charge in [0.15, 0.2) is 5.13 Å². The van der Waals surface area contributed by atoms with Gasteiger partial charge >= 0.3 is 6.18 Å². The molecular weight excluding hydrogens is 401 g/mol. The minimum Gasteiger partial charge on any atom is -0.326 e. The molecule has 0 unspecified atom stereocenters. The number of aromatic nitrogens is 2. The molecular formula is C17H12ClF3N4OS. The first kappa shape index (κ1) is 19.1. The molecule has 0 saturated heterocycles. The molecule has 2 N–H and O–H groups in total. The van der Waals surface area contributed by atoms with E-state index in [1.54, 1.807) is 17.5 Å². The Morgan fingerprint density at radius 1 is 1.22 bits per heavy atom. The van der Waals surface area contributed by atoms with Gasteiger partial charge in [-0.1, -0.05) is 17.7 Å². The van der Waals surface area contributed by atoms with E-state index < -0.39 is 17.6 Å². The highest BCUT2D eigenvalue weighted by Crippen LogP contribution is 2.30. The third kappa shape index (κ3) is 5.41. The maximum atomic E-state index is 12.7. The number of rotatable bonds is 5. The summed E-state index contributed by atoms with van der Waals surface area (Å²) in [7, 11) is 0. The van der Waals surface area contributed by atoms with E-state index in [2.05, 4.69) is 20.6 Å². The highest BCUT2D eigenvalue weighted by atomic mass is 35.5. The highest BCUT2D eigenvalue weighted by molar-refractivity contribution is 7.13. The molecule has 140 valence electrons. The van der Waals surface area contributed by atoms with E-state index >= 15 is 0 Å². The average molecular weight is 413 g/mol. The van der Waals surface area contributed by atoms with Crippen LogP contribution in [-0.4, -0.2) is 15.9 Å². The number of anilines is 3. The van der Waals surface area contributed by atoms with Gasteiger partial charge in [0.25, 0.3) is 0 Å². The summed E-state index contributed by atoms with van der Waals surface area (Å²) in [6.07, 6.45) is -3.05. The number of nitrogens with zero attached hydrogens (tertiary/aromatic N) is 2. The number of alkyl halides is 3. The summed E-state index contributed by atoms with van der Waals surface area (Å²) in [5.41, 5.74) is -0.259. The van der Waals surface area contributed by atoms with Crippen LogP contribution in [0.1, 0.15) is 11.3 Å². The molecule has 0 radical (unpaired) electrons. The maximum absolute atomic E-state index is 12.7. The van der Waals surface area contributed by atoms with Crippen molar-refractivity contribution in [2.75, 3.05) is 10.6 Å². The Morgan fingerprint density at radius 3 is 2.74 bits per heavy atom. The summed E-state index contributed by atoms with van der Waals surface area (Å²) in [4.78, 5) is 20.4. The van der Waals surface area contributed by atoms with Crippen molar-refractivity contribution in [1.82, 2.24) is 9.97 Å². The molecule has 2 aromatic heterocycles. The quantitative estimate of drug-likeness (QED) is 0.609. The first-order valence-corrected chi connectivity index (χ1v) is 8.85. The minimum atomic E-state index is -4.47. The second-order valence-electron chi connectivity index (χ2n) is 5.43. The zero-order valence-electron chi connectivity index (χ0n) is 13.5. The van der Waals surface area contributed by atoms with Crippen LogP contribution in [0.2, 0.25) is 5.02 Å². The van der Waals surface area contributed by atoms with Gasteiger partial charge in [-0.15, -0.1) is 11.3 Å². The topological polar surface area (TPSA) is 66.9 Å². The summed E-state index contributed by atoms with van der Waals surface area (Å²) in [5.74, 6) is 0.0875. The van der Waals surface area contributed by atoms with Gasteiger partial charge in [0.1, 0.15) is 5.82 Å². The normalized spacial score (nSPS) is 11.3. The van der Waals surface area contributed by atoms with Gasteiger partial charge in [0, 0.05) is 17.3 Å². The van der Waals surface area contributed by atoms with Crippen LogP contribution in [0.5, 0.6) is 0 Å². The number of hydrogen-bond acceptors (Lipinski definition) is 5. The standard InChI is InChI=1S/C17H12ClF3N4OS/c18-11-4-5-14(22-8-11)25-16-24-13(9-27-16)7-15(26)23-12-3-1-2-10(6-12)17(19,20)21/h1-6,8-9H,7H2,(H,23,26)(H,22,24,25). The molecule has 0 atom stereocenters. The monoisotopic (exact) mass is 412 g/mol. The number of amides is 1. The van der Waals surface area contributed by atoms with E-state index in [-0.39, 0.29) is 12.1 Å². The first-order chi connectivity index (χ1) is 12.8. The zero-order valence-corrected chi connectivity index (χ0v) is 15.1. The van der Waals surface area contributed by atoms with Gasteiger partial charge in [0.05, 0.1) is 22.7 Å². The molecule has 0 fully saturated rings. The SMILES string of the molecule is O=C(Cc1csc(Nc2ccc(Cl)cn2)n1)Nc1cccc(C(F)(F)F)c1. The van der Waals surface area contributed by atoms with Crippen LogP contribution in [-0.2, 0) is 17.4 Å². The van der Waals surface area contributed by atoms with Gasteiger partial charge in [-0.2, -0.15) is 13.2 Å². The second kappa shape index (κ2) is 7.93. The first-order valence-electron chi connectivity index (χ1n) is 7.60. The van der Waals surface area contributed by atoms with E-state index in [1.165, 1.54) is 29.7 Å². The van der Waals surface area contributed by atoms with Crippen LogP contribution in [0.25, 0.3) is 0 Å². The summed E-state index contributed by atoms with van der Waals surface area (Å²) in [6.45, 7) is 0. The molecule has 27 heavy (non-hydrogen) atoms. The fourth-order valence-corrected chi connectivity index (χ4v) is 2.98. The van der Waals surface area contributed by atoms with Crippen molar-refractivity contribution in [3.63, 3.8) is 0 Å². The zero-order chi connectivity index (χ0) is 19.4. The molecule has 0 aliphatic rings. The molecule has 0 aliphatic carbocycles. The molecule has 0 spiro atoms. The molecule has 3 rings (SSSR count). The Morgan fingerprint density at radius 2 is 2.04 bits per heavy atom. The van der Waals surface area contributed by atoms with E-state index in [9.17, 15) is 18.0 Å². The van der Waals surface area contributed by atoms with Crippen LogP contribution in [0.4, 0.5) is 29.8 Å². The largest absolute Gasteiger partial charge is 0.416 e. The van der Waals surface area contributed by atoms with Crippen LogP contribution < -0.4 is 10.6 Å². The minimum absolute atomic E-state index is 0.0670. The predicted octanol–water partition coefficient (Wildman–Crippen LogP) is 5.14. The van der Waals surface area contributed by atoms with Crippen molar-refractivity contribution >= 4 is 45.5 Å². The number of thiazole rings is 1. The van der Waals surface area contributed by atoms with Gasteiger partial charge < -0.3 is 10.6 Å². The van der Waals surface area contributed by atoms with Crippen molar-refractivity contribution in [3.8, 4) is 0 Å². The predicted molar refractivity (Wildman–Crippen MR) is 98.4 cm³/mol. The Hall–Kier alpha value is -2.65. The van der Waals surface area contributed by atoms with Crippen LogP contribution in [0.3, 0.4) is 0 Å². The number of nitrogens with one attached hydrogen (secondary N) is 2.